The number of rotatable bonds is 5. The van der Waals surface area contributed by atoms with Crippen molar-refractivity contribution in [2.24, 2.45) is 0 Å². The summed E-state index contributed by atoms with van der Waals surface area (Å²) in [5.74, 6) is 2.76. The van der Waals surface area contributed by atoms with Gasteiger partial charge in [0.05, 0.1) is 19.8 Å². The molecular weight excluding hydrogens is 376 g/mol. The number of carbonyl (C=O) groups excluding carboxylic acids is 2. The number of amides is 2. The van der Waals surface area contributed by atoms with Crippen molar-refractivity contribution in [3.8, 4) is 11.5 Å². The first-order valence-corrected chi connectivity index (χ1v) is 10.2. The van der Waals surface area contributed by atoms with Gasteiger partial charge in [-0.05, 0) is 42.8 Å². The van der Waals surface area contributed by atoms with Gasteiger partial charge in [-0.25, -0.2) is 0 Å². The standard InChI is InChI=1S/C21H24N2O4S/c1-14-12-15(21(25)23-8-10-28-11-9-23)4-7-18(14)22-20(24)17-6-5-16(26-2)13-19(17)27-3/h4-7,12-13H,8-11H2,1-3H3,(H,22,24). The Morgan fingerprint density at radius 3 is 2.43 bits per heavy atom. The molecule has 1 heterocycles. The second-order valence-electron chi connectivity index (χ2n) is 6.45. The SMILES string of the molecule is COc1ccc(C(=O)Nc2ccc(C(=O)N3CCSCC3)cc2C)c(OC)c1. The Morgan fingerprint density at radius 1 is 1.04 bits per heavy atom. The van der Waals surface area contributed by atoms with Crippen LogP contribution in [-0.2, 0) is 0 Å². The molecule has 0 bridgehead atoms. The third-order valence-corrected chi connectivity index (χ3v) is 5.62. The zero-order valence-electron chi connectivity index (χ0n) is 16.3. The summed E-state index contributed by atoms with van der Waals surface area (Å²) in [5.41, 5.74) is 2.55. The van der Waals surface area contributed by atoms with Gasteiger partial charge in [0, 0.05) is 41.9 Å². The Morgan fingerprint density at radius 2 is 1.79 bits per heavy atom. The molecule has 2 amide bonds. The maximum absolute atomic E-state index is 12.7. The number of carbonyl (C=O) groups is 2. The van der Waals surface area contributed by atoms with E-state index in [2.05, 4.69) is 5.32 Å². The van der Waals surface area contributed by atoms with E-state index in [0.717, 1.165) is 30.2 Å². The first-order valence-electron chi connectivity index (χ1n) is 9.04. The summed E-state index contributed by atoms with van der Waals surface area (Å²) in [6.07, 6.45) is 0. The summed E-state index contributed by atoms with van der Waals surface area (Å²) < 4.78 is 10.5. The van der Waals surface area contributed by atoms with Crippen LogP contribution in [0.25, 0.3) is 0 Å². The predicted molar refractivity (Wildman–Crippen MR) is 112 cm³/mol. The van der Waals surface area contributed by atoms with E-state index in [-0.39, 0.29) is 11.8 Å². The minimum Gasteiger partial charge on any atom is -0.497 e. The van der Waals surface area contributed by atoms with E-state index >= 15 is 0 Å². The van der Waals surface area contributed by atoms with E-state index in [1.165, 1.54) is 7.11 Å². The molecule has 28 heavy (non-hydrogen) atoms. The van der Waals surface area contributed by atoms with Gasteiger partial charge in [-0.3, -0.25) is 9.59 Å². The molecule has 0 aromatic heterocycles. The Hall–Kier alpha value is -2.67. The van der Waals surface area contributed by atoms with Crippen molar-refractivity contribution in [1.82, 2.24) is 4.90 Å². The smallest absolute Gasteiger partial charge is 0.259 e. The number of nitrogens with one attached hydrogen (secondary N) is 1. The first kappa shape index (κ1) is 20.1. The van der Waals surface area contributed by atoms with Crippen LogP contribution < -0.4 is 14.8 Å². The van der Waals surface area contributed by atoms with Crippen LogP contribution in [0.5, 0.6) is 11.5 Å². The highest BCUT2D eigenvalue weighted by Gasteiger charge is 2.20. The second kappa shape index (κ2) is 9.01. The van der Waals surface area contributed by atoms with Gasteiger partial charge >= 0.3 is 0 Å². The number of aryl methyl sites for hydroxylation is 1. The fourth-order valence-corrected chi connectivity index (χ4v) is 3.96. The summed E-state index contributed by atoms with van der Waals surface area (Å²) >= 11 is 1.87. The van der Waals surface area contributed by atoms with E-state index in [0.29, 0.717) is 28.3 Å². The summed E-state index contributed by atoms with van der Waals surface area (Å²) in [5, 5.41) is 2.90. The molecule has 0 radical (unpaired) electrons. The van der Waals surface area contributed by atoms with Crippen molar-refractivity contribution in [2.75, 3.05) is 44.1 Å². The number of anilines is 1. The van der Waals surface area contributed by atoms with Crippen LogP contribution in [0.3, 0.4) is 0 Å². The van der Waals surface area contributed by atoms with Gasteiger partial charge in [-0.15, -0.1) is 0 Å². The molecule has 1 aliphatic heterocycles. The van der Waals surface area contributed by atoms with Crippen LogP contribution in [0, 0.1) is 6.92 Å². The van der Waals surface area contributed by atoms with E-state index in [9.17, 15) is 9.59 Å². The van der Waals surface area contributed by atoms with Crippen LogP contribution in [-0.4, -0.2) is 55.5 Å². The van der Waals surface area contributed by atoms with Crippen molar-refractivity contribution in [1.29, 1.82) is 0 Å². The molecule has 6 nitrogen and oxygen atoms in total. The van der Waals surface area contributed by atoms with Gasteiger partial charge in [0.1, 0.15) is 11.5 Å². The quantitative estimate of drug-likeness (QED) is 0.833. The molecule has 2 aromatic rings. The molecule has 0 spiro atoms. The maximum atomic E-state index is 12.7. The van der Waals surface area contributed by atoms with Crippen LogP contribution in [0.2, 0.25) is 0 Å². The molecule has 0 unspecified atom stereocenters. The van der Waals surface area contributed by atoms with Crippen LogP contribution in [0.15, 0.2) is 36.4 Å². The summed E-state index contributed by atoms with van der Waals surface area (Å²) in [6, 6.07) is 10.4. The molecular formula is C21H24N2O4S. The number of ether oxygens (including phenoxy) is 2. The minimum absolute atomic E-state index is 0.0399. The van der Waals surface area contributed by atoms with Gasteiger partial charge in [0.2, 0.25) is 0 Å². The fourth-order valence-electron chi connectivity index (χ4n) is 3.06. The number of hydrogen-bond donors (Lipinski definition) is 1. The summed E-state index contributed by atoms with van der Waals surface area (Å²) in [7, 11) is 3.07. The van der Waals surface area contributed by atoms with Crippen LogP contribution in [0.4, 0.5) is 5.69 Å². The number of benzene rings is 2. The lowest BCUT2D eigenvalue weighted by atomic mass is 10.1. The molecule has 2 aromatic carbocycles. The molecule has 7 heteroatoms. The fraction of sp³-hybridized carbons (Fsp3) is 0.333. The van der Waals surface area contributed by atoms with Crippen LogP contribution in [0.1, 0.15) is 26.3 Å². The first-order chi connectivity index (χ1) is 13.5. The van der Waals surface area contributed by atoms with Crippen molar-refractivity contribution in [3.05, 3.63) is 53.1 Å². The zero-order valence-corrected chi connectivity index (χ0v) is 17.1. The van der Waals surface area contributed by atoms with Crippen molar-refractivity contribution < 1.29 is 19.1 Å². The molecule has 1 N–H and O–H groups in total. The van der Waals surface area contributed by atoms with Gasteiger partial charge in [0.15, 0.2) is 0 Å². The average Bonchev–Trinajstić information content (AvgIpc) is 2.74. The Kier molecular flexibility index (Phi) is 6.46. The molecule has 1 fully saturated rings. The molecule has 1 aliphatic rings. The third-order valence-electron chi connectivity index (χ3n) is 4.67. The van der Waals surface area contributed by atoms with Crippen LogP contribution >= 0.6 is 11.8 Å². The lowest BCUT2D eigenvalue weighted by Gasteiger charge is -2.26. The highest BCUT2D eigenvalue weighted by atomic mass is 32.2. The van der Waals surface area contributed by atoms with Crippen molar-refractivity contribution in [3.63, 3.8) is 0 Å². The zero-order chi connectivity index (χ0) is 20.1. The largest absolute Gasteiger partial charge is 0.497 e. The second-order valence-corrected chi connectivity index (χ2v) is 7.68. The molecule has 1 saturated heterocycles. The summed E-state index contributed by atoms with van der Waals surface area (Å²) in [6.45, 7) is 3.43. The summed E-state index contributed by atoms with van der Waals surface area (Å²) in [4.78, 5) is 27.2. The molecule has 0 saturated carbocycles. The number of thioether (sulfide) groups is 1. The van der Waals surface area contributed by atoms with Gasteiger partial charge in [0.25, 0.3) is 11.8 Å². The van der Waals surface area contributed by atoms with Gasteiger partial charge in [-0.1, -0.05) is 0 Å². The van der Waals surface area contributed by atoms with Crippen molar-refractivity contribution in [2.45, 2.75) is 6.92 Å². The monoisotopic (exact) mass is 400 g/mol. The third kappa shape index (κ3) is 4.42. The molecule has 148 valence electrons. The molecule has 3 rings (SSSR count). The number of methoxy groups -OCH3 is 2. The number of nitrogens with zero attached hydrogens (tertiary/aromatic N) is 1. The van der Waals surface area contributed by atoms with E-state index in [4.69, 9.17) is 9.47 Å². The van der Waals surface area contributed by atoms with E-state index in [1.54, 1.807) is 37.4 Å². The topological polar surface area (TPSA) is 67.9 Å². The molecule has 0 atom stereocenters. The average molecular weight is 401 g/mol. The van der Waals surface area contributed by atoms with E-state index in [1.807, 2.05) is 29.7 Å². The van der Waals surface area contributed by atoms with Gasteiger partial charge < -0.3 is 19.7 Å². The lowest BCUT2D eigenvalue weighted by molar-refractivity contribution is 0.0772. The maximum Gasteiger partial charge on any atom is 0.259 e. The predicted octanol–water partition coefficient (Wildman–Crippen LogP) is 3.45. The lowest BCUT2D eigenvalue weighted by Crippen LogP contribution is -2.37. The molecule has 0 aliphatic carbocycles. The Labute approximate surface area is 169 Å². The minimum atomic E-state index is -0.283. The Bertz CT molecular complexity index is 879. The van der Waals surface area contributed by atoms with Crippen molar-refractivity contribution >= 4 is 29.3 Å². The van der Waals surface area contributed by atoms with Gasteiger partial charge in [-0.2, -0.15) is 11.8 Å². The van der Waals surface area contributed by atoms with E-state index < -0.39 is 0 Å². The highest BCUT2D eigenvalue weighted by Crippen LogP contribution is 2.26. The number of hydrogen-bond acceptors (Lipinski definition) is 5. The Balaban J connectivity index is 1.76. The normalized spacial score (nSPS) is 13.8. The highest BCUT2D eigenvalue weighted by molar-refractivity contribution is 7.99.